The first kappa shape index (κ1) is 24.1. The van der Waals surface area contributed by atoms with Gasteiger partial charge in [0, 0.05) is 31.3 Å². The number of imidazole rings is 1. The average molecular weight is 492 g/mol. The Kier molecular flexibility index (Phi) is 7.46. The molecule has 2 heterocycles. The van der Waals surface area contributed by atoms with Crippen molar-refractivity contribution >= 4 is 11.6 Å². The topological polar surface area (TPSA) is 64.9 Å². The van der Waals surface area contributed by atoms with Crippen molar-refractivity contribution in [3.63, 3.8) is 0 Å². The van der Waals surface area contributed by atoms with E-state index in [1.54, 1.807) is 7.11 Å². The van der Waals surface area contributed by atoms with Crippen LogP contribution in [-0.2, 0) is 17.9 Å². The van der Waals surface area contributed by atoms with Crippen molar-refractivity contribution in [2.75, 3.05) is 7.11 Å². The van der Waals surface area contributed by atoms with Crippen LogP contribution in [0.3, 0.4) is 0 Å². The van der Waals surface area contributed by atoms with Crippen molar-refractivity contribution in [3.8, 4) is 11.5 Å². The van der Waals surface area contributed by atoms with E-state index >= 15 is 0 Å². The number of ether oxygens (including phenoxy) is 2. The number of amides is 1. The van der Waals surface area contributed by atoms with E-state index in [9.17, 15) is 4.79 Å². The fourth-order valence-electron chi connectivity index (χ4n) is 4.42. The molecule has 5 aromatic rings. The number of fused-ring (bicyclic) bond motifs is 1. The molecule has 0 aliphatic rings. The Hall–Kier alpha value is -4.58. The van der Waals surface area contributed by atoms with E-state index in [0.29, 0.717) is 24.5 Å². The molecule has 1 atom stereocenters. The summed E-state index contributed by atoms with van der Waals surface area (Å²) in [6, 6.07) is 31.6. The summed E-state index contributed by atoms with van der Waals surface area (Å²) in [7, 11) is 1.64. The quantitative estimate of drug-likeness (QED) is 0.270. The van der Waals surface area contributed by atoms with Gasteiger partial charge in [-0.25, -0.2) is 4.98 Å². The molecule has 0 aliphatic carbocycles. The van der Waals surface area contributed by atoms with Crippen LogP contribution in [0.2, 0.25) is 0 Å². The lowest BCUT2D eigenvalue weighted by Gasteiger charge is -2.18. The van der Waals surface area contributed by atoms with Gasteiger partial charge in [-0.05, 0) is 41.0 Å². The molecule has 2 aromatic heterocycles. The summed E-state index contributed by atoms with van der Waals surface area (Å²) in [4.78, 5) is 17.8. The maximum Gasteiger partial charge on any atom is 0.221 e. The second kappa shape index (κ2) is 11.4. The second-order valence-corrected chi connectivity index (χ2v) is 8.82. The highest BCUT2D eigenvalue weighted by Crippen LogP contribution is 2.32. The number of pyridine rings is 1. The van der Waals surface area contributed by atoms with Gasteiger partial charge in [0.05, 0.1) is 12.8 Å². The van der Waals surface area contributed by atoms with Gasteiger partial charge >= 0.3 is 0 Å². The maximum atomic E-state index is 13.1. The van der Waals surface area contributed by atoms with Crippen LogP contribution in [0.1, 0.15) is 34.7 Å². The lowest BCUT2D eigenvalue weighted by molar-refractivity contribution is -0.121. The van der Waals surface area contributed by atoms with Crippen LogP contribution in [0.5, 0.6) is 11.5 Å². The van der Waals surface area contributed by atoms with E-state index < -0.39 is 0 Å². The molecule has 0 bridgehead atoms. The van der Waals surface area contributed by atoms with E-state index in [1.807, 2.05) is 114 Å². The Bertz CT molecular complexity index is 1470. The molecular weight excluding hydrogens is 462 g/mol. The minimum absolute atomic E-state index is 0.0388. The molecule has 0 aliphatic heterocycles. The number of carbonyl (C=O) groups excluding carboxylic acids is 1. The van der Waals surface area contributed by atoms with Crippen molar-refractivity contribution < 1.29 is 14.3 Å². The zero-order valence-electron chi connectivity index (χ0n) is 20.7. The number of nitrogens with zero attached hydrogens (tertiary/aromatic N) is 2. The molecule has 0 fully saturated rings. The van der Waals surface area contributed by atoms with Crippen LogP contribution in [-0.4, -0.2) is 22.4 Å². The Labute approximate surface area is 216 Å². The van der Waals surface area contributed by atoms with Crippen LogP contribution in [0.25, 0.3) is 5.65 Å². The fourth-order valence-corrected chi connectivity index (χ4v) is 4.42. The molecule has 6 nitrogen and oxygen atoms in total. The molecule has 0 saturated carbocycles. The molecule has 3 aromatic carbocycles. The Balaban J connectivity index is 1.43. The molecule has 0 spiro atoms. The number of hydrogen-bond acceptors (Lipinski definition) is 4. The van der Waals surface area contributed by atoms with E-state index in [1.165, 1.54) is 0 Å². The minimum Gasteiger partial charge on any atom is -0.497 e. The van der Waals surface area contributed by atoms with E-state index in [2.05, 4.69) is 5.32 Å². The molecule has 0 radical (unpaired) electrons. The third-order valence-corrected chi connectivity index (χ3v) is 6.34. The normalized spacial score (nSPS) is 11.7. The zero-order chi connectivity index (χ0) is 25.5. The van der Waals surface area contributed by atoms with Crippen LogP contribution < -0.4 is 14.8 Å². The van der Waals surface area contributed by atoms with Gasteiger partial charge in [0.25, 0.3) is 0 Å². The van der Waals surface area contributed by atoms with Gasteiger partial charge in [0.15, 0.2) is 11.4 Å². The molecule has 186 valence electrons. The summed E-state index contributed by atoms with van der Waals surface area (Å²) in [6.45, 7) is 0.930. The lowest BCUT2D eigenvalue weighted by atomic mass is 9.92. The first-order valence-corrected chi connectivity index (χ1v) is 12.3. The molecule has 1 N–H and O–H groups in total. The summed E-state index contributed by atoms with van der Waals surface area (Å²) in [5.74, 6) is 1.16. The lowest BCUT2D eigenvalue weighted by Crippen LogP contribution is -2.25. The van der Waals surface area contributed by atoms with Crippen molar-refractivity contribution in [1.82, 2.24) is 14.7 Å². The highest BCUT2D eigenvalue weighted by atomic mass is 16.5. The number of carbonyl (C=O) groups is 1. The van der Waals surface area contributed by atoms with Crippen molar-refractivity contribution in [1.29, 1.82) is 0 Å². The van der Waals surface area contributed by atoms with Gasteiger partial charge in [0.2, 0.25) is 5.91 Å². The average Bonchev–Trinajstić information content (AvgIpc) is 3.39. The predicted octanol–water partition coefficient (Wildman–Crippen LogP) is 5.76. The minimum atomic E-state index is -0.231. The monoisotopic (exact) mass is 491 g/mol. The van der Waals surface area contributed by atoms with Gasteiger partial charge in [-0.1, -0.05) is 72.8 Å². The summed E-state index contributed by atoms with van der Waals surface area (Å²) in [5, 5.41) is 3.06. The maximum absolute atomic E-state index is 13.1. The molecule has 0 saturated heterocycles. The Morgan fingerprint density at radius 2 is 1.68 bits per heavy atom. The molecular formula is C31H29N3O3. The number of rotatable bonds is 10. The molecule has 37 heavy (non-hydrogen) atoms. The van der Waals surface area contributed by atoms with Crippen molar-refractivity contribution in [3.05, 3.63) is 132 Å². The van der Waals surface area contributed by atoms with Crippen LogP contribution >= 0.6 is 0 Å². The van der Waals surface area contributed by atoms with E-state index in [4.69, 9.17) is 14.5 Å². The predicted molar refractivity (Wildman–Crippen MR) is 144 cm³/mol. The molecule has 5 rings (SSSR count). The third-order valence-electron chi connectivity index (χ3n) is 6.34. The largest absolute Gasteiger partial charge is 0.497 e. The fraction of sp³-hybridized carbons (Fsp3) is 0.161. The highest BCUT2D eigenvalue weighted by Gasteiger charge is 2.23. The van der Waals surface area contributed by atoms with Gasteiger partial charge in [0.1, 0.15) is 12.4 Å². The molecule has 1 unspecified atom stereocenters. The Morgan fingerprint density at radius 3 is 2.43 bits per heavy atom. The smallest absolute Gasteiger partial charge is 0.221 e. The van der Waals surface area contributed by atoms with Gasteiger partial charge in [-0.2, -0.15) is 0 Å². The second-order valence-electron chi connectivity index (χ2n) is 8.82. The highest BCUT2D eigenvalue weighted by molar-refractivity contribution is 5.77. The van der Waals surface area contributed by atoms with Gasteiger partial charge < -0.3 is 19.2 Å². The standard InChI is InChI=1S/C31H29N3O3/c1-36-26-15-8-14-25(18-26)27(19-30(35)32-20-23-10-4-2-5-11-23)28-21-33-31-29(16-9-17-34(28)31)37-22-24-12-6-3-7-13-24/h2-18,21,27H,19-20,22H2,1H3,(H,32,35). The molecule has 6 heteroatoms. The van der Waals surface area contributed by atoms with Crippen molar-refractivity contribution in [2.45, 2.75) is 25.5 Å². The van der Waals surface area contributed by atoms with E-state index in [-0.39, 0.29) is 18.2 Å². The number of methoxy groups -OCH3 is 1. The SMILES string of the molecule is COc1cccc(C(CC(=O)NCc2ccccc2)c2cnc3c(OCc4ccccc4)cccn23)c1. The van der Waals surface area contributed by atoms with Gasteiger partial charge in [-0.3, -0.25) is 4.79 Å². The summed E-state index contributed by atoms with van der Waals surface area (Å²) >= 11 is 0. The van der Waals surface area contributed by atoms with Crippen LogP contribution in [0.4, 0.5) is 0 Å². The number of aromatic nitrogens is 2. The van der Waals surface area contributed by atoms with Crippen LogP contribution in [0, 0.1) is 0 Å². The summed E-state index contributed by atoms with van der Waals surface area (Å²) < 4.78 is 13.6. The Morgan fingerprint density at radius 1 is 0.919 bits per heavy atom. The van der Waals surface area contributed by atoms with Crippen molar-refractivity contribution in [2.24, 2.45) is 0 Å². The molecule has 1 amide bonds. The number of benzene rings is 3. The zero-order valence-corrected chi connectivity index (χ0v) is 20.7. The van der Waals surface area contributed by atoms with E-state index in [0.717, 1.165) is 28.1 Å². The summed E-state index contributed by atoms with van der Waals surface area (Å²) in [5.41, 5.74) is 4.74. The third kappa shape index (κ3) is 5.81. The summed E-state index contributed by atoms with van der Waals surface area (Å²) in [6.07, 6.45) is 4.06. The number of hydrogen-bond donors (Lipinski definition) is 1. The number of nitrogens with one attached hydrogen (secondary N) is 1. The first-order chi connectivity index (χ1) is 18.2. The van der Waals surface area contributed by atoms with Gasteiger partial charge in [-0.15, -0.1) is 0 Å². The first-order valence-electron chi connectivity index (χ1n) is 12.3. The van der Waals surface area contributed by atoms with Crippen LogP contribution in [0.15, 0.2) is 109 Å².